The average Bonchev–Trinajstić information content (AvgIpc) is 2.24. The van der Waals surface area contributed by atoms with E-state index in [1.54, 1.807) is 6.07 Å². The summed E-state index contributed by atoms with van der Waals surface area (Å²) in [7, 11) is 0. The Morgan fingerprint density at radius 2 is 2.17 bits per heavy atom. The molecule has 0 heterocycles. The molecule has 100 valence electrons. The Labute approximate surface area is 111 Å². The van der Waals surface area contributed by atoms with Gasteiger partial charge < -0.3 is 11.1 Å². The van der Waals surface area contributed by atoms with Crippen LogP contribution in [0.3, 0.4) is 0 Å². The quantitative estimate of drug-likeness (QED) is 0.617. The zero-order valence-corrected chi connectivity index (χ0v) is 11.5. The standard InChI is InChI=1S/C13H19FN2OS/c1-9(2)3-4-16-13(17)8-18-12-6-10(14)5-11(15)7-12/h5-7,9H,3-4,8,15H2,1-2H3,(H,16,17). The molecule has 0 radical (unpaired) electrons. The lowest BCUT2D eigenvalue weighted by atomic mass is 10.1. The molecular weight excluding hydrogens is 251 g/mol. The molecular formula is C13H19FN2OS. The van der Waals surface area contributed by atoms with Gasteiger partial charge in [0, 0.05) is 17.1 Å². The molecule has 0 aliphatic heterocycles. The molecule has 5 heteroatoms. The number of benzene rings is 1. The number of nitrogen functional groups attached to an aromatic ring is 1. The summed E-state index contributed by atoms with van der Waals surface area (Å²) in [5.74, 6) is 0.434. The Balaban J connectivity index is 2.33. The van der Waals surface area contributed by atoms with Crippen molar-refractivity contribution >= 4 is 23.4 Å². The fourth-order valence-electron chi connectivity index (χ4n) is 1.37. The van der Waals surface area contributed by atoms with Crippen LogP contribution in [0.15, 0.2) is 23.1 Å². The molecule has 0 aliphatic carbocycles. The predicted octanol–water partition coefficient (Wildman–Crippen LogP) is 2.66. The van der Waals surface area contributed by atoms with Crippen molar-refractivity contribution in [2.24, 2.45) is 5.92 Å². The van der Waals surface area contributed by atoms with E-state index in [1.165, 1.54) is 23.9 Å². The molecule has 0 aromatic heterocycles. The second-order valence-electron chi connectivity index (χ2n) is 4.54. The highest BCUT2D eigenvalue weighted by Crippen LogP contribution is 2.21. The molecule has 1 aromatic carbocycles. The predicted molar refractivity (Wildman–Crippen MR) is 74.0 cm³/mol. The van der Waals surface area contributed by atoms with Crippen LogP contribution in [-0.2, 0) is 4.79 Å². The minimum absolute atomic E-state index is 0.0384. The van der Waals surface area contributed by atoms with Crippen molar-refractivity contribution in [1.29, 1.82) is 0 Å². The second-order valence-corrected chi connectivity index (χ2v) is 5.59. The van der Waals surface area contributed by atoms with Gasteiger partial charge in [0.25, 0.3) is 0 Å². The number of nitrogens with one attached hydrogen (secondary N) is 1. The van der Waals surface area contributed by atoms with Gasteiger partial charge in [-0.15, -0.1) is 11.8 Å². The number of carbonyl (C=O) groups is 1. The van der Waals surface area contributed by atoms with Crippen LogP contribution in [0, 0.1) is 11.7 Å². The van der Waals surface area contributed by atoms with E-state index in [-0.39, 0.29) is 17.5 Å². The lowest BCUT2D eigenvalue weighted by molar-refractivity contribution is -0.118. The van der Waals surface area contributed by atoms with Gasteiger partial charge in [-0.3, -0.25) is 4.79 Å². The Kier molecular flexibility index (Phi) is 5.98. The monoisotopic (exact) mass is 270 g/mol. The molecule has 0 bridgehead atoms. The highest BCUT2D eigenvalue weighted by molar-refractivity contribution is 8.00. The Bertz CT molecular complexity index is 390. The van der Waals surface area contributed by atoms with Gasteiger partial charge in [0.05, 0.1) is 5.75 Å². The Morgan fingerprint density at radius 3 is 2.78 bits per heavy atom. The topological polar surface area (TPSA) is 55.1 Å². The van der Waals surface area contributed by atoms with Gasteiger partial charge in [-0.25, -0.2) is 4.39 Å². The van der Waals surface area contributed by atoms with Gasteiger partial charge >= 0.3 is 0 Å². The molecule has 3 N–H and O–H groups in total. The molecule has 1 amide bonds. The Morgan fingerprint density at radius 1 is 1.44 bits per heavy atom. The van der Waals surface area contributed by atoms with E-state index in [1.807, 2.05) is 0 Å². The van der Waals surface area contributed by atoms with Crippen molar-refractivity contribution in [3.8, 4) is 0 Å². The molecule has 1 rings (SSSR count). The lowest BCUT2D eigenvalue weighted by Crippen LogP contribution is -2.26. The fourth-order valence-corrected chi connectivity index (χ4v) is 2.18. The molecule has 3 nitrogen and oxygen atoms in total. The van der Waals surface area contributed by atoms with Gasteiger partial charge in [0.15, 0.2) is 0 Å². The number of nitrogens with two attached hydrogens (primary N) is 1. The third-order valence-electron chi connectivity index (χ3n) is 2.31. The first kappa shape index (κ1) is 14.8. The second kappa shape index (κ2) is 7.26. The third kappa shape index (κ3) is 5.91. The van der Waals surface area contributed by atoms with Crippen LogP contribution in [0.25, 0.3) is 0 Å². The zero-order valence-electron chi connectivity index (χ0n) is 10.7. The number of rotatable bonds is 6. The molecule has 0 saturated carbocycles. The maximum atomic E-state index is 13.1. The first-order chi connectivity index (χ1) is 8.47. The summed E-state index contributed by atoms with van der Waals surface area (Å²) in [5, 5.41) is 2.83. The number of hydrogen-bond donors (Lipinski definition) is 2. The van der Waals surface area contributed by atoms with E-state index < -0.39 is 0 Å². The molecule has 0 saturated heterocycles. The van der Waals surface area contributed by atoms with Crippen LogP contribution in [0.1, 0.15) is 20.3 Å². The Hall–Kier alpha value is -1.23. The van der Waals surface area contributed by atoms with E-state index in [2.05, 4.69) is 19.2 Å². The number of hydrogen-bond acceptors (Lipinski definition) is 3. The van der Waals surface area contributed by atoms with E-state index in [4.69, 9.17) is 5.73 Å². The van der Waals surface area contributed by atoms with Gasteiger partial charge in [0.2, 0.25) is 5.91 Å². The highest BCUT2D eigenvalue weighted by atomic mass is 32.2. The van der Waals surface area contributed by atoms with Crippen molar-refractivity contribution in [1.82, 2.24) is 5.32 Å². The highest BCUT2D eigenvalue weighted by Gasteiger charge is 2.04. The van der Waals surface area contributed by atoms with Crippen molar-refractivity contribution in [3.63, 3.8) is 0 Å². The molecule has 0 spiro atoms. The summed E-state index contributed by atoms with van der Waals surface area (Å²) < 4.78 is 13.1. The van der Waals surface area contributed by atoms with E-state index in [0.29, 0.717) is 23.0 Å². The summed E-state index contributed by atoms with van der Waals surface area (Å²) in [4.78, 5) is 12.2. The summed E-state index contributed by atoms with van der Waals surface area (Å²) in [5.41, 5.74) is 5.90. The number of carbonyl (C=O) groups excluding carboxylic acids is 1. The van der Waals surface area contributed by atoms with E-state index in [9.17, 15) is 9.18 Å². The molecule has 0 atom stereocenters. The van der Waals surface area contributed by atoms with Crippen molar-refractivity contribution in [3.05, 3.63) is 24.0 Å². The third-order valence-corrected chi connectivity index (χ3v) is 3.28. The van der Waals surface area contributed by atoms with Gasteiger partial charge in [-0.2, -0.15) is 0 Å². The van der Waals surface area contributed by atoms with Crippen LogP contribution in [-0.4, -0.2) is 18.2 Å². The van der Waals surface area contributed by atoms with E-state index in [0.717, 1.165) is 6.42 Å². The maximum absolute atomic E-state index is 13.1. The van der Waals surface area contributed by atoms with Crippen LogP contribution >= 0.6 is 11.8 Å². The molecule has 0 aliphatic rings. The lowest BCUT2D eigenvalue weighted by Gasteiger charge is -2.07. The fraction of sp³-hybridized carbons (Fsp3) is 0.462. The van der Waals surface area contributed by atoms with E-state index >= 15 is 0 Å². The summed E-state index contributed by atoms with van der Waals surface area (Å²) in [6.07, 6.45) is 0.962. The molecule has 0 fully saturated rings. The molecule has 18 heavy (non-hydrogen) atoms. The van der Waals surface area contributed by atoms with Crippen molar-refractivity contribution < 1.29 is 9.18 Å². The zero-order chi connectivity index (χ0) is 13.5. The number of halogens is 1. The average molecular weight is 270 g/mol. The molecule has 1 aromatic rings. The summed E-state index contributed by atoms with van der Waals surface area (Å²) in [6.45, 7) is 4.90. The van der Waals surface area contributed by atoms with Crippen LogP contribution in [0.4, 0.5) is 10.1 Å². The van der Waals surface area contributed by atoms with Crippen molar-refractivity contribution in [2.75, 3.05) is 18.0 Å². The minimum atomic E-state index is -0.377. The number of thioether (sulfide) groups is 1. The van der Waals surface area contributed by atoms with Crippen LogP contribution in [0.5, 0.6) is 0 Å². The first-order valence-electron chi connectivity index (χ1n) is 5.93. The number of amides is 1. The maximum Gasteiger partial charge on any atom is 0.230 e. The number of anilines is 1. The summed E-state index contributed by atoms with van der Waals surface area (Å²) in [6, 6.07) is 4.30. The minimum Gasteiger partial charge on any atom is -0.399 e. The van der Waals surface area contributed by atoms with Crippen LogP contribution < -0.4 is 11.1 Å². The summed E-state index contributed by atoms with van der Waals surface area (Å²) >= 11 is 1.28. The SMILES string of the molecule is CC(C)CCNC(=O)CSc1cc(N)cc(F)c1. The van der Waals surface area contributed by atoms with Crippen molar-refractivity contribution in [2.45, 2.75) is 25.2 Å². The normalized spacial score (nSPS) is 10.7. The van der Waals surface area contributed by atoms with Gasteiger partial charge in [-0.1, -0.05) is 13.8 Å². The van der Waals surface area contributed by atoms with Crippen LogP contribution in [0.2, 0.25) is 0 Å². The first-order valence-corrected chi connectivity index (χ1v) is 6.91. The van der Waals surface area contributed by atoms with Gasteiger partial charge in [0.1, 0.15) is 5.82 Å². The van der Waals surface area contributed by atoms with Gasteiger partial charge in [-0.05, 0) is 30.5 Å². The largest absolute Gasteiger partial charge is 0.399 e. The smallest absolute Gasteiger partial charge is 0.230 e. The molecule has 0 unspecified atom stereocenters.